The van der Waals surface area contributed by atoms with Crippen LogP contribution in [0.2, 0.25) is 5.02 Å². The van der Waals surface area contributed by atoms with Gasteiger partial charge >= 0.3 is 0 Å². The van der Waals surface area contributed by atoms with Crippen LogP contribution in [0.4, 0.5) is 0 Å². The average Bonchev–Trinajstić information content (AvgIpc) is 2.84. The maximum Gasteiger partial charge on any atom is 0.239 e. The van der Waals surface area contributed by atoms with Gasteiger partial charge in [0.2, 0.25) is 5.91 Å². The Labute approximate surface area is 125 Å². The van der Waals surface area contributed by atoms with Crippen molar-refractivity contribution in [2.45, 2.75) is 25.0 Å². The molecular weight excluding hydrogens is 332 g/mol. The first-order valence-corrected chi connectivity index (χ1v) is 7.34. The molecule has 0 bridgehead atoms. The van der Waals surface area contributed by atoms with E-state index in [1.165, 1.54) is 0 Å². The van der Waals surface area contributed by atoms with Crippen molar-refractivity contribution in [3.8, 4) is 0 Å². The summed E-state index contributed by atoms with van der Waals surface area (Å²) < 4.78 is 6.29. The van der Waals surface area contributed by atoms with Crippen molar-refractivity contribution in [3.05, 3.63) is 33.3 Å². The molecule has 1 aliphatic rings. The number of primary amides is 1. The van der Waals surface area contributed by atoms with E-state index in [0.717, 1.165) is 29.5 Å². The average molecular weight is 348 g/mol. The van der Waals surface area contributed by atoms with Gasteiger partial charge in [0.1, 0.15) is 6.04 Å². The van der Waals surface area contributed by atoms with E-state index in [4.69, 9.17) is 22.1 Å². The predicted octanol–water partition coefficient (Wildman–Crippen LogP) is 2.40. The minimum absolute atomic E-state index is 0.160. The first kappa shape index (κ1) is 14.8. The third-order valence-electron chi connectivity index (χ3n) is 3.13. The van der Waals surface area contributed by atoms with Crippen LogP contribution in [0.15, 0.2) is 22.7 Å². The molecule has 0 aromatic heterocycles. The Morgan fingerprint density at radius 3 is 3.00 bits per heavy atom. The van der Waals surface area contributed by atoms with Crippen LogP contribution in [0.5, 0.6) is 0 Å². The highest BCUT2D eigenvalue weighted by molar-refractivity contribution is 9.10. The van der Waals surface area contributed by atoms with Crippen LogP contribution in [0, 0.1) is 0 Å². The Kier molecular flexibility index (Phi) is 5.21. The highest BCUT2D eigenvalue weighted by Gasteiger charge is 2.23. The maximum atomic E-state index is 11.6. The van der Waals surface area contributed by atoms with Gasteiger partial charge in [-0.1, -0.05) is 33.6 Å². The molecule has 19 heavy (non-hydrogen) atoms. The van der Waals surface area contributed by atoms with E-state index in [0.29, 0.717) is 11.6 Å². The quantitative estimate of drug-likeness (QED) is 0.859. The number of carbonyl (C=O) groups excluding carboxylic acids is 1. The molecular formula is C13H16BrClN2O2. The summed E-state index contributed by atoms with van der Waals surface area (Å²) in [7, 11) is 0. The number of benzene rings is 1. The van der Waals surface area contributed by atoms with Gasteiger partial charge in [0.15, 0.2) is 0 Å². The lowest BCUT2D eigenvalue weighted by atomic mass is 10.1. The van der Waals surface area contributed by atoms with E-state index in [1.54, 1.807) is 18.2 Å². The Hall–Kier alpha value is -0.620. The van der Waals surface area contributed by atoms with Gasteiger partial charge < -0.3 is 10.5 Å². The van der Waals surface area contributed by atoms with Crippen LogP contribution in [0.3, 0.4) is 0 Å². The summed E-state index contributed by atoms with van der Waals surface area (Å²) in [6, 6.07) is 4.74. The third kappa shape index (κ3) is 3.92. The van der Waals surface area contributed by atoms with Crippen molar-refractivity contribution in [3.63, 3.8) is 0 Å². The summed E-state index contributed by atoms with van der Waals surface area (Å²) in [5.41, 5.74) is 6.25. The lowest BCUT2D eigenvalue weighted by Crippen LogP contribution is -2.38. The lowest BCUT2D eigenvalue weighted by Gasteiger charge is -2.19. The third-order valence-corrected chi connectivity index (χ3v) is 4.05. The Balaban J connectivity index is 2.08. The fraction of sp³-hybridized carbons (Fsp3) is 0.462. The summed E-state index contributed by atoms with van der Waals surface area (Å²) in [5, 5.41) is 3.77. The molecule has 1 heterocycles. The summed E-state index contributed by atoms with van der Waals surface area (Å²) in [4.78, 5) is 11.6. The number of ether oxygens (including phenoxy) is 1. The van der Waals surface area contributed by atoms with Gasteiger partial charge in [-0.2, -0.15) is 0 Å². The number of amides is 1. The van der Waals surface area contributed by atoms with Gasteiger partial charge in [-0.3, -0.25) is 10.1 Å². The number of nitrogens with one attached hydrogen (secondary N) is 1. The fourth-order valence-electron chi connectivity index (χ4n) is 2.15. The maximum absolute atomic E-state index is 11.6. The number of nitrogens with two attached hydrogens (primary N) is 1. The van der Waals surface area contributed by atoms with Crippen LogP contribution in [0.1, 0.15) is 24.4 Å². The molecule has 0 saturated carbocycles. The molecule has 0 radical (unpaired) electrons. The molecule has 3 N–H and O–H groups in total. The standard InChI is InChI=1S/C13H16BrClN2O2/c14-11-6-8(15)3-4-10(11)12(13(16)18)17-7-9-2-1-5-19-9/h3-4,6,9,12,17H,1-2,5,7H2,(H2,16,18). The minimum Gasteiger partial charge on any atom is -0.377 e. The van der Waals surface area contributed by atoms with E-state index in [2.05, 4.69) is 21.2 Å². The molecule has 104 valence electrons. The molecule has 1 amide bonds. The highest BCUT2D eigenvalue weighted by atomic mass is 79.9. The lowest BCUT2D eigenvalue weighted by molar-refractivity contribution is -0.120. The minimum atomic E-state index is -0.546. The highest BCUT2D eigenvalue weighted by Crippen LogP contribution is 2.27. The molecule has 1 fully saturated rings. The van der Waals surface area contributed by atoms with Crippen molar-refractivity contribution in [2.24, 2.45) is 5.73 Å². The number of hydrogen-bond donors (Lipinski definition) is 2. The van der Waals surface area contributed by atoms with Crippen molar-refractivity contribution < 1.29 is 9.53 Å². The monoisotopic (exact) mass is 346 g/mol. The number of carbonyl (C=O) groups is 1. The molecule has 6 heteroatoms. The van der Waals surface area contributed by atoms with Crippen LogP contribution >= 0.6 is 27.5 Å². The van der Waals surface area contributed by atoms with E-state index in [1.807, 2.05) is 0 Å². The molecule has 1 saturated heterocycles. The molecule has 2 unspecified atom stereocenters. The molecule has 1 aromatic rings. The van der Waals surface area contributed by atoms with Crippen LogP contribution in [-0.4, -0.2) is 25.2 Å². The molecule has 0 spiro atoms. The fourth-order valence-corrected chi connectivity index (χ4v) is 3.07. The summed E-state index contributed by atoms with van der Waals surface area (Å²) in [6.45, 7) is 1.40. The first-order valence-electron chi connectivity index (χ1n) is 6.17. The van der Waals surface area contributed by atoms with Crippen molar-refractivity contribution in [1.29, 1.82) is 0 Å². The van der Waals surface area contributed by atoms with E-state index >= 15 is 0 Å². The van der Waals surface area contributed by atoms with Gasteiger partial charge in [-0.15, -0.1) is 0 Å². The van der Waals surface area contributed by atoms with Crippen molar-refractivity contribution in [1.82, 2.24) is 5.32 Å². The van der Waals surface area contributed by atoms with E-state index in [9.17, 15) is 4.79 Å². The van der Waals surface area contributed by atoms with Crippen molar-refractivity contribution in [2.75, 3.05) is 13.2 Å². The zero-order chi connectivity index (χ0) is 13.8. The Morgan fingerprint density at radius 1 is 1.63 bits per heavy atom. The normalized spacial score (nSPS) is 20.4. The zero-order valence-corrected chi connectivity index (χ0v) is 12.7. The summed E-state index contributed by atoms with van der Waals surface area (Å²) >= 11 is 9.30. The van der Waals surface area contributed by atoms with Crippen LogP contribution < -0.4 is 11.1 Å². The second-order valence-electron chi connectivity index (χ2n) is 4.54. The smallest absolute Gasteiger partial charge is 0.239 e. The number of hydrogen-bond acceptors (Lipinski definition) is 3. The predicted molar refractivity (Wildman–Crippen MR) is 78.1 cm³/mol. The summed E-state index contributed by atoms with van der Waals surface area (Å²) in [6.07, 6.45) is 2.24. The first-order chi connectivity index (χ1) is 9.08. The topological polar surface area (TPSA) is 64.4 Å². The second kappa shape index (κ2) is 6.70. The van der Waals surface area contributed by atoms with Gasteiger partial charge in [-0.25, -0.2) is 0 Å². The van der Waals surface area contributed by atoms with E-state index in [-0.39, 0.29) is 6.10 Å². The zero-order valence-electron chi connectivity index (χ0n) is 10.4. The van der Waals surface area contributed by atoms with Gasteiger partial charge in [0, 0.05) is 22.6 Å². The van der Waals surface area contributed by atoms with Gasteiger partial charge in [0.25, 0.3) is 0 Å². The Bertz CT molecular complexity index is 464. The Morgan fingerprint density at radius 2 is 2.42 bits per heavy atom. The summed E-state index contributed by atoms with van der Waals surface area (Å²) in [5.74, 6) is -0.416. The van der Waals surface area contributed by atoms with Crippen LogP contribution in [0.25, 0.3) is 0 Å². The van der Waals surface area contributed by atoms with E-state index < -0.39 is 11.9 Å². The molecule has 2 rings (SSSR count). The molecule has 2 atom stereocenters. The number of halogens is 2. The second-order valence-corrected chi connectivity index (χ2v) is 5.84. The molecule has 0 aliphatic carbocycles. The number of rotatable bonds is 5. The SMILES string of the molecule is NC(=O)C(NCC1CCCO1)c1ccc(Cl)cc1Br. The van der Waals surface area contributed by atoms with Crippen molar-refractivity contribution >= 4 is 33.4 Å². The molecule has 4 nitrogen and oxygen atoms in total. The molecule has 1 aromatic carbocycles. The van der Waals surface area contributed by atoms with Gasteiger partial charge in [-0.05, 0) is 30.5 Å². The largest absolute Gasteiger partial charge is 0.377 e. The van der Waals surface area contributed by atoms with Gasteiger partial charge in [0.05, 0.1) is 6.10 Å². The molecule has 1 aliphatic heterocycles. The van der Waals surface area contributed by atoms with Crippen LogP contribution in [-0.2, 0) is 9.53 Å².